The summed E-state index contributed by atoms with van der Waals surface area (Å²) in [6.45, 7) is 0. The minimum Gasteiger partial charge on any atom is -0.349 e. The maximum atomic E-state index is 14.0. The molecule has 1 amide bonds. The summed E-state index contributed by atoms with van der Waals surface area (Å²) < 4.78 is 62.4. The van der Waals surface area contributed by atoms with Crippen molar-refractivity contribution in [1.29, 1.82) is 0 Å². The number of sulfone groups is 2. The van der Waals surface area contributed by atoms with E-state index in [1.54, 1.807) is 0 Å². The second kappa shape index (κ2) is 6.68. The first-order valence-electron chi connectivity index (χ1n) is 8.24. The number of carbonyl (C=O) groups is 1. The molecule has 0 aromatic heterocycles. The maximum Gasteiger partial charge on any atom is 0.254 e. The first-order valence-corrected chi connectivity index (χ1v) is 11.6. The molecule has 6 nitrogen and oxygen atoms in total. The molecule has 25 heavy (non-hydrogen) atoms. The van der Waals surface area contributed by atoms with Gasteiger partial charge in [0, 0.05) is 6.04 Å². The van der Waals surface area contributed by atoms with E-state index in [1.165, 1.54) is 0 Å². The molecule has 0 unspecified atom stereocenters. The quantitative estimate of drug-likeness (QED) is 0.787. The Hall–Kier alpha value is -1.48. The Balaban J connectivity index is 1.87. The fourth-order valence-electron chi connectivity index (χ4n) is 3.39. The van der Waals surface area contributed by atoms with Crippen LogP contribution in [0, 0.1) is 5.82 Å². The van der Waals surface area contributed by atoms with E-state index in [0.717, 1.165) is 43.9 Å². The van der Waals surface area contributed by atoms with Crippen LogP contribution < -0.4 is 5.32 Å². The number of rotatable bonds is 4. The summed E-state index contributed by atoms with van der Waals surface area (Å²) in [5, 5.41) is 1.68. The summed E-state index contributed by atoms with van der Waals surface area (Å²) in [6.07, 6.45) is 3.66. The van der Waals surface area contributed by atoms with Gasteiger partial charge in [0.25, 0.3) is 5.91 Å². The van der Waals surface area contributed by atoms with Crippen LogP contribution in [0.5, 0.6) is 0 Å². The van der Waals surface area contributed by atoms with Crippen molar-refractivity contribution in [2.75, 3.05) is 11.5 Å². The topological polar surface area (TPSA) is 97.4 Å². The van der Waals surface area contributed by atoms with Crippen LogP contribution in [0.2, 0.25) is 0 Å². The molecule has 0 radical (unpaired) electrons. The van der Waals surface area contributed by atoms with Gasteiger partial charge in [-0.1, -0.05) is 12.8 Å². The number of halogens is 1. The SMILES string of the molecule is O=C(NC1CCCC1)c1cc(S(=O)(=O)[C@@H]2CCS(=O)(=O)C2)ccc1F. The number of hydrogen-bond donors (Lipinski definition) is 1. The third-order valence-electron chi connectivity index (χ3n) is 4.83. The predicted molar refractivity (Wildman–Crippen MR) is 90.4 cm³/mol. The number of benzene rings is 1. The highest BCUT2D eigenvalue weighted by Crippen LogP contribution is 2.27. The van der Waals surface area contributed by atoms with Gasteiger partial charge < -0.3 is 5.32 Å². The normalized spacial score (nSPS) is 23.6. The van der Waals surface area contributed by atoms with Gasteiger partial charge >= 0.3 is 0 Å². The van der Waals surface area contributed by atoms with Gasteiger partial charge in [0.2, 0.25) is 0 Å². The fraction of sp³-hybridized carbons (Fsp3) is 0.562. The van der Waals surface area contributed by atoms with Crippen molar-refractivity contribution in [1.82, 2.24) is 5.32 Å². The summed E-state index contributed by atoms with van der Waals surface area (Å²) in [7, 11) is -7.31. The Morgan fingerprint density at radius 1 is 1.16 bits per heavy atom. The Morgan fingerprint density at radius 3 is 2.44 bits per heavy atom. The molecule has 0 bridgehead atoms. The van der Waals surface area contributed by atoms with Crippen LogP contribution in [0.1, 0.15) is 42.5 Å². The van der Waals surface area contributed by atoms with E-state index in [9.17, 15) is 26.0 Å². The molecular weight excluding hydrogens is 369 g/mol. The van der Waals surface area contributed by atoms with Crippen molar-refractivity contribution in [3.8, 4) is 0 Å². The van der Waals surface area contributed by atoms with Crippen molar-refractivity contribution in [2.24, 2.45) is 0 Å². The highest BCUT2D eigenvalue weighted by molar-refractivity contribution is 7.96. The van der Waals surface area contributed by atoms with E-state index < -0.39 is 42.4 Å². The van der Waals surface area contributed by atoms with Crippen molar-refractivity contribution >= 4 is 25.6 Å². The van der Waals surface area contributed by atoms with Gasteiger partial charge in [0.05, 0.1) is 27.2 Å². The molecule has 1 aliphatic carbocycles. The lowest BCUT2D eigenvalue weighted by atomic mass is 10.1. The van der Waals surface area contributed by atoms with Crippen LogP contribution in [0.15, 0.2) is 23.1 Å². The summed E-state index contributed by atoms with van der Waals surface area (Å²) in [4.78, 5) is 12.1. The summed E-state index contributed by atoms with van der Waals surface area (Å²) in [5.74, 6) is -2.04. The van der Waals surface area contributed by atoms with E-state index in [2.05, 4.69) is 5.32 Å². The second-order valence-electron chi connectivity index (χ2n) is 6.67. The van der Waals surface area contributed by atoms with Crippen LogP contribution in [0.3, 0.4) is 0 Å². The highest BCUT2D eigenvalue weighted by Gasteiger charge is 2.38. The van der Waals surface area contributed by atoms with Crippen LogP contribution in [-0.4, -0.2) is 45.5 Å². The highest BCUT2D eigenvalue weighted by atomic mass is 32.2. The van der Waals surface area contributed by atoms with Crippen LogP contribution in [0.25, 0.3) is 0 Å². The molecule has 1 aromatic carbocycles. The Labute approximate surface area is 146 Å². The predicted octanol–water partition coefficient (Wildman–Crippen LogP) is 1.46. The third-order valence-corrected chi connectivity index (χ3v) is 9.00. The molecule has 1 saturated heterocycles. The van der Waals surface area contributed by atoms with Gasteiger partial charge in [0.15, 0.2) is 19.7 Å². The number of amides is 1. The Bertz CT molecular complexity index is 889. The molecule has 138 valence electrons. The molecule has 0 spiro atoms. The van der Waals surface area contributed by atoms with Crippen LogP contribution >= 0.6 is 0 Å². The van der Waals surface area contributed by atoms with Crippen molar-refractivity contribution < 1.29 is 26.0 Å². The molecule has 1 heterocycles. The molecule has 9 heteroatoms. The van der Waals surface area contributed by atoms with Gasteiger partial charge in [-0.2, -0.15) is 0 Å². The fourth-order valence-corrected chi connectivity index (χ4v) is 7.77. The summed E-state index contributed by atoms with van der Waals surface area (Å²) >= 11 is 0. The summed E-state index contributed by atoms with van der Waals surface area (Å²) in [5.41, 5.74) is -0.325. The first kappa shape index (κ1) is 18.3. The molecule has 1 N–H and O–H groups in total. The second-order valence-corrected chi connectivity index (χ2v) is 11.1. The number of nitrogens with one attached hydrogen (secondary N) is 1. The molecule has 1 aliphatic heterocycles. The Morgan fingerprint density at radius 2 is 1.84 bits per heavy atom. The summed E-state index contributed by atoms with van der Waals surface area (Å²) in [6, 6.07) is 3.02. The van der Waals surface area contributed by atoms with Crippen molar-refractivity contribution in [3.05, 3.63) is 29.6 Å². The Kier molecular flexibility index (Phi) is 4.89. The molecule has 2 fully saturated rings. The molecule has 1 atom stereocenters. The van der Waals surface area contributed by atoms with Crippen molar-refractivity contribution in [3.63, 3.8) is 0 Å². The molecule has 2 aliphatic rings. The van der Waals surface area contributed by atoms with Gasteiger partial charge in [-0.3, -0.25) is 4.79 Å². The molecule has 1 saturated carbocycles. The standard InChI is InChI=1S/C16H20FNO5S2/c17-15-6-5-12(25(22,23)13-7-8-24(20,21)10-13)9-14(15)16(19)18-11-3-1-2-4-11/h5-6,9,11,13H,1-4,7-8,10H2,(H,18,19)/t13-/m1/s1. The largest absolute Gasteiger partial charge is 0.349 e. The lowest BCUT2D eigenvalue weighted by Crippen LogP contribution is -2.33. The zero-order valence-electron chi connectivity index (χ0n) is 13.6. The zero-order valence-corrected chi connectivity index (χ0v) is 15.2. The lowest BCUT2D eigenvalue weighted by molar-refractivity contribution is 0.0933. The van der Waals surface area contributed by atoms with Crippen LogP contribution in [-0.2, 0) is 19.7 Å². The van der Waals surface area contributed by atoms with E-state index in [1.807, 2.05) is 0 Å². The lowest BCUT2D eigenvalue weighted by Gasteiger charge is -2.14. The van der Waals surface area contributed by atoms with Gasteiger partial charge in [-0.05, 0) is 37.5 Å². The van der Waals surface area contributed by atoms with E-state index in [-0.39, 0.29) is 28.7 Å². The van der Waals surface area contributed by atoms with E-state index >= 15 is 0 Å². The molecule has 3 rings (SSSR count). The van der Waals surface area contributed by atoms with E-state index in [0.29, 0.717) is 0 Å². The zero-order chi connectivity index (χ0) is 18.2. The monoisotopic (exact) mass is 389 g/mol. The number of carbonyl (C=O) groups excluding carboxylic acids is 1. The minimum absolute atomic E-state index is 0.0195. The minimum atomic E-state index is -3.94. The smallest absolute Gasteiger partial charge is 0.254 e. The van der Waals surface area contributed by atoms with Crippen LogP contribution in [0.4, 0.5) is 4.39 Å². The average molecular weight is 389 g/mol. The first-order chi connectivity index (χ1) is 11.7. The molecular formula is C16H20FNO5S2. The van der Waals surface area contributed by atoms with E-state index in [4.69, 9.17) is 0 Å². The molecule has 1 aromatic rings. The van der Waals surface area contributed by atoms with Gasteiger partial charge in [-0.15, -0.1) is 0 Å². The van der Waals surface area contributed by atoms with Crippen molar-refractivity contribution in [2.45, 2.75) is 48.3 Å². The van der Waals surface area contributed by atoms with Gasteiger partial charge in [-0.25, -0.2) is 21.2 Å². The van der Waals surface area contributed by atoms with Gasteiger partial charge in [0.1, 0.15) is 5.82 Å². The third kappa shape index (κ3) is 3.87. The number of hydrogen-bond acceptors (Lipinski definition) is 5. The average Bonchev–Trinajstić information content (AvgIpc) is 3.16. The maximum absolute atomic E-state index is 14.0.